The van der Waals surface area contributed by atoms with Crippen molar-refractivity contribution in [2.24, 2.45) is 0 Å². The minimum absolute atomic E-state index is 0. The van der Waals surface area contributed by atoms with Crippen LogP contribution in [0.15, 0.2) is 24.3 Å². The van der Waals surface area contributed by atoms with Gasteiger partial charge in [-0.3, -0.25) is 14.5 Å². The molecule has 1 aliphatic heterocycles. The average molecular weight is 454 g/mol. The van der Waals surface area contributed by atoms with E-state index in [4.69, 9.17) is 11.6 Å². The van der Waals surface area contributed by atoms with Gasteiger partial charge in [-0.1, -0.05) is 23.7 Å². The molecule has 0 aliphatic carbocycles. The van der Waals surface area contributed by atoms with Crippen LogP contribution in [0.4, 0.5) is 0 Å². The molecule has 1 aliphatic rings. The quantitative estimate of drug-likeness (QED) is 0.689. The third-order valence-electron chi connectivity index (χ3n) is 4.85. The van der Waals surface area contributed by atoms with Crippen LogP contribution in [-0.2, 0) is 9.59 Å². The summed E-state index contributed by atoms with van der Waals surface area (Å²) < 4.78 is 0. The molecule has 2 amide bonds. The number of likely N-dealkylation sites (N-methyl/N-ethyl adjacent to an activating group) is 3. The van der Waals surface area contributed by atoms with Crippen molar-refractivity contribution >= 4 is 48.2 Å². The lowest BCUT2D eigenvalue weighted by atomic mass is 10.0. The molecule has 2 rings (SSSR count). The maximum Gasteiger partial charge on any atom is 0.241 e. The second kappa shape index (κ2) is 12.5. The van der Waals surface area contributed by atoms with E-state index in [0.29, 0.717) is 11.6 Å². The molecule has 0 spiro atoms. The Labute approximate surface area is 185 Å². The highest BCUT2D eigenvalue weighted by Crippen LogP contribution is 2.31. The highest BCUT2D eigenvalue weighted by Gasteiger charge is 2.40. The standard InChI is InChI=1S/C19H29ClN4O2.2ClH/c1-21-18(25)17(14-7-9-15(20)10-8-14)24-11-5-6-16(24)19(26)23(4)13-12-22(2)3;;/h7-10,16-17H,5-6,11-13H2,1-4H3,(H,21,25);2*1H/t16-,17+;;/m0../s1. The predicted molar refractivity (Wildman–Crippen MR) is 119 cm³/mol. The molecule has 160 valence electrons. The zero-order valence-electron chi connectivity index (χ0n) is 16.9. The van der Waals surface area contributed by atoms with Crippen LogP contribution in [0.5, 0.6) is 0 Å². The summed E-state index contributed by atoms with van der Waals surface area (Å²) >= 11 is 5.99. The Kier molecular flexibility index (Phi) is 12.0. The van der Waals surface area contributed by atoms with Gasteiger partial charge in [0.15, 0.2) is 0 Å². The number of rotatable bonds is 7. The first-order valence-electron chi connectivity index (χ1n) is 8.97. The van der Waals surface area contributed by atoms with Crippen LogP contribution < -0.4 is 5.32 Å². The van der Waals surface area contributed by atoms with Gasteiger partial charge in [-0.25, -0.2) is 0 Å². The van der Waals surface area contributed by atoms with Gasteiger partial charge in [0.2, 0.25) is 11.8 Å². The van der Waals surface area contributed by atoms with Crippen LogP contribution in [-0.4, -0.2) is 80.4 Å². The largest absolute Gasteiger partial charge is 0.358 e. The smallest absolute Gasteiger partial charge is 0.241 e. The summed E-state index contributed by atoms with van der Waals surface area (Å²) in [5, 5.41) is 3.37. The van der Waals surface area contributed by atoms with Crippen molar-refractivity contribution in [3.63, 3.8) is 0 Å². The first kappa shape index (κ1) is 27.0. The van der Waals surface area contributed by atoms with Crippen molar-refractivity contribution in [2.45, 2.75) is 24.9 Å². The molecule has 28 heavy (non-hydrogen) atoms. The zero-order chi connectivity index (χ0) is 19.3. The van der Waals surface area contributed by atoms with Crippen molar-refractivity contribution in [3.8, 4) is 0 Å². The summed E-state index contributed by atoms with van der Waals surface area (Å²) in [5.74, 6) is -0.0322. The second-order valence-corrected chi connectivity index (χ2v) is 7.46. The molecule has 1 N–H and O–H groups in total. The molecule has 1 aromatic carbocycles. The van der Waals surface area contributed by atoms with Crippen LogP contribution in [0.3, 0.4) is 0 Å². The topological polar surface area (TPSA) is 55.9 Å². The van der Waals surface area contributed by atoms with Gasteiger partial charge in [0.1, 0.15) is 6.04 Å². The highest BCUT2D eigenvalue weighted by atomic mass is 35.5. The van der Waals surface area contributed by atoms with Gasteiger partial charge in [-0.2, -0.15) is 0 Å². The van der Waals surface area contributed by atoms with E-state index in [2.05, 4.69) is 10.2 Å². The molecule has 0 bridgehead atoms. The van der Waals surface area contributed by atoms with Gasteiger partial charge in [0.25, 0.3) is 0 Å². The number of halogens is 3. The van der Waals surface area contributed by atoms with E-state index >= 15 is 0 Å². The minimum Gasteiger partial charge on any atom is -0.358 e. The van der Waals surface area contributed by atoms with Crippen molar-refractivity contribution in [1.82, 2.24) is 20.0 Å². The number of hydrogen-bond acceptors (Lipinski definition) is 4. The molecule has 0 saturated carbocycles. The van der Waals surface area contributed by atoms with Crippen LogP contribution >= 0.6 is 36.4 Å². The molecule has 1 saturated heterocycles. The number of benzene rings is 1. The summed E-state index contributed by atoms with van der Waals surface area (Å²) in [6.07, 6.45) is 1.67. The van der Waals surface area contributed by atoms with E-state index < -0.39 is 6.04 Å². The number of likely N-dealkylation sites (tertiary alicyclic amines) is 1. The summed E-state index contributed by atoms with van der Waals surface area (Å²) in [6, 6.07) is 6.51. The molecule has 9 heteroatoms. The third-order valence-corrected chi connectivity index (χ3v) is 5.10. The Balaban J connectivity index is 0.00000364. The van der Waals surface area contributed by atoms with E-state index in [-0.39, 0.29) is 42.7 Å². The van der Waals surface area contributed by atoms with Gasteiger partial charge >= 0.3 is 0 Å². The Morgan fingerprint density at radius 1 is 1.18 bits per heavy atom. The summed E-state index contributed by atoms with van der Waals surface area (Å²) in [7, 11) is 7.44. The average Bonchev–Trinajstić information content (AvgIpc) is 3.09. The lowest BCUT2D eigenvalue weighted by Crippen LogP contribution is -2.49. The predicted octanol–water partition coefficient (Wildman–Crippen LogP) is 2.46. The Morgan fingerprint density at radius 2 is 1.79 bits per heavy atom. The molecule has 1 heterocycles. The lowest BCUT2D eigenvalue weighted by molar-refractivity contribution is -0.137. The number of nitrogens with one attached hydrogen (secondary N) is 1. The van der Waals surface area contributed by atoms with Gasteiger partial charge in [-0.05, 0) is 44.6 Å². The molecule has 1 aromatic rings. The van der Waals surface area contributed by atoms with E-state index in [1.807, 2.05) is 38.2 Å². The maximum absolute atomic E-state index is 13.0. The monoisotopic (exact) mass is 452 g/mol. The van der Waals surface area contributed by atoms with Gasteiger partial charge in [0, 0.05) is 38.8 Å². The van der Waals surface area contributed by atoms with Crippen LogP contribution in [0.1, 0.15) is 24.4 Å². The zero-order valence-corrected chi connectivity index (χ0v) is 19.2. The lowest BCUT2D eigenvalue weighted by Gasteiger charge is -2.33. The van der Waals surface area contributed by atoms with E-state index in [1.165, 1.54) is 0 Å². The Hall–Kier alpha value is -1.05. The van der Waals surface area contributed by atoms with Gasteiger partial charge in [0.05, 0.1) is 6.04 Å². The Bertz CT molecular complexity index is 628. The molecular formula is C19H31Cl3N4O2. The molecule has 0 aromatic heterocycles. The first-order valence-corrected chi connectivity index (χ1v) is 9.35. The Morgan fingerprint density at radius 3 is 2.32 bits per heavy atom. The van der Waals surface area contributed by atoms with Crippen LogP contribution in [0.2, 0.25) is 5.02 Å². The summed E-state index contributed by atoms with van der Waals surface area (Å²) in [6.45, 7) is 2.20. The third kappa shape index (κ3) is 6.78. The van der Waals surface area contributed by atoms with Crippen molar-refractivity contribution < 1.29 is 9.59 Å². The minimum atomic E-state index is -0.490. The first-order chi connectivity index (χ1) is 12.3. The number of amides is 2. The van der Waals surface area contributed by atoms with Crippen LogP contribution in [0.25, 0.3) is 0 Å². The normalized spacial score (nSPS) is 17.4. The van der Waals surface area contributed by atoms with E-state index in [0.717, 1.165) is 31.5 Å². The number of hydrogen-bond donors (Lipinski definition) is 1. The van der Waals surface area contributed by atoms with Crippen molar-refractivity contribution in [3.05, 3.63) is 34.9 Å². The fourth-order valence-corrected chi connectivity index (χ4v) is 3.48. The fraction of sp³-hybridized carbons (Fsp3) is 0.579. The number of nitrogens with zero attached hydrogens (tertiary/aromatic N) is 3. The van der Waals surface area contributed by atoms with Gasteiger partial charge < -0.3 is 15.1 Å². The second-order valence-electron chi connectivity index (χ2n) is 7.03. The SMILES string of the molecule is CNC(=O)[C@@H](c1ccc(Cl)cc1)N1CCC[C@H]1C(=O)N(C)CCN(C)C.Cl.Cl. The molecular weight excluding hydrogens is 423 g/mol. The molecule has 0 unspecified atom stereocenters. The number of carbonyl (C=O) groups excluding carboxylic acids is 2. The molecule has 0 radical (unpaired) electrons. The molecule has 6 nitrogen and oxygen atoms in total. The van der Waals surface area contributed by atoms with E-state index in [1.54, 1.807) is 24.1 Å². The maximum atomic E-state index is 13.0. The van der Waals surface area contributed by atoms with Crippen molar-refractivity contribution in [2.75, 3.05) is 47.8 Å². The number of carbonyl (C=O) groups is 2. The van der Waals surface area contributed by atoms with E-state index in [9.17, 15) is 9.59 Å². The fourth-order valence-electron chi connectivity index (χ4n) is 3.35. The molecule has 2 atom stereocenters. The highest BCUT2D eigenvalue weighted by molar-refractivity contribution is 6.30. The summed E-state index contributed by atoms with van der Waals surface area (Å²) in [5.41, 5.74) is 0.851. The molecule has 1 fully saturated rings. The van der Waals surface area contributed by atoms with Crippen LogP contribution in [0, 0.1) is 0 Å². The van der Waals surface area contributed by atoms with Gasteiger partial charge in [-0.15, -0.1) is 24.8 Å². The van der Waals surface area contributed by atoms with Crippen molar-refractivity contribution in [1.29, 1.82) is 0 Å². The summed E-state index contributed by atoms with van der Waals surface area (Å²) in [4.78, 5) is 31.4.